The van der Waals surface area contributed by atoms with E-state index in [1.807, 2.05) is 0 Å². The van der Waals surface area contributed by atoms with Crippen LogP contribution in [0.1, 0.15) is 28.1 Å². The van der Waals surface area contributed by atoms with Gasteiger partial charge in [0.15, 0.2) is 0 Å². The van der Waals surface area contributed by atoms with Crippen LogP contribution >= 0.6 is 11.3 Å². The Balaban J connectivity index is 2.42. The maximum atomic E-state index is 12.5. The van der Waals surface area contributed by atoms with E-state index >= 15 is 0 Å². The van der Waals surface area contributed by atoms with E-state index in [-0.39, 0.29) is 33.5 Å². The van der Waals surface area contributed by atoms with Gasteiger partial charge in [-0.1, -0.05) is 0 Å². The molecule has 3 N–H and O–H groups in total. The summed E-state index contributed by atoms with van der Waals surface area (Å²) in [6.45, 7) is 1.46. The topological polar surface area (TPSA) is 129 Å². The quantitative estimate of drug-likeness (QED) is 0.749. The number of aryl methyl sites for hydroxylation is 1. The minimum Gasteiger partial charge on any atom is -0.479 e. The zero-order valence-electron chi connectivity index (χ0n) is 10.8. The van der Waals surface area contributed by atoms with Gasteiger partial charge in [0.25, 0.3) is 5.56 Å². The molecule has 8 nitrogen and oxygen atoms in total. The van der Waals surface area contributed by atoms with Crippen LogP contribution in [0.4, 0.5) is 0 Å². The van der Waals surface area contributed by atoms with E-state index in [2.05, 4.69) is 4.98 Å². The van der Waals surface area contributed by atoms with Crippen LogP contribution in [-0.2, 0) is 10.3 Å². The Labute approximate surface area is 120 Å². The van der Waals surface area contributed by atoms with Crippen LogP contribution in [0.3, 0.4) is 0 Å². The minimum atomic E-state index is -1.50. The average molecular weight is 310 g/mol. The highest BCUT2D eigenvalue weighted by Crippen LogP contribution is 2.42. The maximum absolute atomic E-state index is 12.5. The lowest BCUT2D eigenvalue weighted by Gasteiger charge is -2.12. The smallest absolute Gasteiger partial charge is 0.346 e. The molecular formula is C12H10N2O6S. The second kappa shape index (κ2) is 4.04. The lowest BCUT2D eigenvalue weighted by molar-refractivity contribution is -0.142. The van der Waals surface area contributed by atoms with Crippen molar-refractivity contribution in [2.24, 2.45) is 0 Å². The van der Waals surface area contributed by atoms with Crippen molar-refractivity contribution in [3.8, 4) is 0 Å². The van der Waals surface area contributed by atoms with Crippen molar-refractivity contribution in [1.29, 1.82) is 0 Å². The molecule has 1 aliphatic carbocycles. The Morgan fingerprint density at radius 2 is 1.90 bits per heavy atom. The number of carboxylic acid groups (broad SMARTS) is 2. The fourth-order valence-electron chi connectivity index (χ4n) is 2.46. The van der Waals surface area contributed by atoms with Gasteiger partial charge in [0, 0.05) is 0 Å². The predicted octanol–water partition coefficient (Wildman–Crippen LogP) is 0.332. The molecule has 0 unspecified atom stereocenters. The van der Waals surface area contributed by atoms with Gasteiger partial charge in [0.05, 0.1) is 5.39 Å². The number of aromatic amines is 1. The average Bonchev–Trinajstić information content (AvgIpc) is 3.09. The molecule has 0 bridgehead atoms. The molecule has 0 radical (unpaired) electrons. The molecule has 9 heteroatoms. The molecular weight excluding hydrogens is 300 g/mol. The van der Waals surface area contributed by atoms with Gasteiger partial charge < -0.3 is 10.2 Å². The number of thiophene rings is 1. The van der Waals surface area contributed by atoms with Gasteiger partial charge >= 0.3 is 17.6 Å². The highest BCUT2D eigenvalue weighted by atomic mass is 32.1. The third-order valence-electron chi connectivity index (χ3n) is 3.73. The van der Waals surface area contributed by atoms with Crippen LogP contribution in [0.2, 0.25) is 0 Å². The van der Waals surface area contributed by atoms with Gasteiger partial charge in [-0.15, -0.1) is 11.3 Å². The number of nitrogens with zero attached hydrogens (tertiary/aromatic N) is 1. The molecule has 0 saturated heterocycles. The molecule has 0 aromatic carbocycles. The second-order valence-electron chi connectivity index (χ2n) is 4.97. The summed E-state index contributed by atoms with van der Waals surface area (Å²) in [5, 5.41) is 18.4. The van der Waals surface area contributed by atoms with E-state index in [1.54, 1.807) is 0 Å². The third kappa shape index (κ3) is 1.67. The minimum absolute atomic E-state index is 0.0457. The maximum Gasteiger partial charge on any atom is 0.346 e. The van der Waals surface area contributed by atoms with Crippen molar-refractivity contribution >= 4 is 33.5 Å². The van der Waals surface area contributed by atoms with Gasteiger partial charge in [0.1, 0.15) is 15.2 Å². The Kier molecular flexibility index (Phi) is 2.61. The second-order valence-corrected chi connectivity index (χ2v) is 5.99. The van der Waals surface area contributed by atoms with Gasteiger partial charge in [-0.3, -0.25) is 9.78 Å². The summed E-state index contributed by atoms with van der Waals surface area (Å²) in [6, 6.07) is 0. The number of fused-ring (bicyclic) bond motifs is 1. The number of carbonyl (C=O) groups is 2. The van der Waals surface area contributed by atoms with Crippen LogP contribution in [-0.4, -0.2) is 31.7 Å². The van der Waals surface area contributed by atoms with Gasteiger partial charge in [-0.05, 0) is 25.3 Å². The standard InChI is InChI=1S/C12H10N2O6S/c1-4-5-7(21-6(4)9(16)17)13-11(20)14(8(5)15)12(2-3-12)10(18)19/h2-3H2,1H3,(H,13,20)(H,16,17)(H,18,19). The number of hydrogen-bond acceptors (Lipinski definition) is 5. The first-order chi connectivity index (χ1) is 9.79. The van der Waals surface area contributed by atoms with Crippen molar-refractivity contribution in [2.75, 3.05) is 0 Å². The zero-order chi connectivity index (χ0) is 15.5. The lowest BCUT2D eigenvalue weighted by Crippen LogP contribution is -2.45. The Morgan fingerprint density at radius 1 is 1.29 bits per heavy atom. The molecule has 1 aliphatic rings. The van der Waals surface area contributed by atoms with Crippen LogP contribution in [0.25, 0.3) is 10.2 Å². The summed E-state index contributed by atoms with van der Waals surface area (Å²) < 4.78 is 0.697. The number of hydrogen-bond donors (Lipinski definition) is 3. The van der Waals surface area contributed by atoms with E-state index in [4.69, 9.17) is 5.11 Å². The monoisotopic (exact) mass is 310 g/mol. The number of aromatic nitrogens is 2. The van der Waals surface area contributed by atoms with E-state index < -0.39 is 28.7 Å². The molecule has 3 rings (SSSR count). The first-order valence-corrected chi connectivity index (χ1v) is 6.87. The van der Waals surface area contributed by atoms with Crippen molar-refractivity contribution in [3.05, 3.63) is 31.3 Å². The van der Waals surface area contributed by atoms with Crippen LogP contribution in [0, 0.1) is 6.92 Å². The van der Waals surface area contributed by atoms with Gasteiger partial charge in [0.2, 0.25) is 0 Å². The number of nitrogens with one attached hydrogen (secondary N) is 1. The normalized spacial score (nSPS) is 16.0. The highest BCUT2D eigenvalue weighted by Gasteiger charge is 2.54. The summed E-state index contributed by atoms with van der Waals surface area (Å²) in [4.78, 5) is 49.5. The van der Waals surface area contributed by atoms with Gasteiger partial charge in [-0.25, -0.2) is 19.0 Å². The third-order valence-corrected chi connectivity index (χ3v) is 4.93. The van der Waals surface area contributed by atoms with E-state index in [0.29, 0.717) is 4.57 Å². The largest absolute Gasteiger partial charge is 0.479 e. The van der Waals surface area contributed by atoms with Crippen molar-refractivity contribution in [3.63, 3.8) is 0 Å². The summed E-state index contributed by atoms with van der Waals surface area (Å²) in [7, 11) is 0. The van der Waals surface area contributed by atoms with E-state index in [9.17, 15) is 24.3 Å². The molecule has 2 aromatic rings. The summed E-state index contributed by atoms with van der Waals surface area (Å²) >= 11 is 0.793. The number of carboxylic acids is 2. The zero-order valence-corrected chi connectivity index (χ0v) is 11.6. The molecule has 0 aliphatic heterocycles. The number of aliphatic carboxylic acids is 1. The van der Waals surface area contributed by atoms with Crippen LogP contribution < -0.4 is 11.2 Å². The lowest BCUT2D eigenvalue weighted by atomic mass is 10.2. The van der Waals surface area contributed by atoms with Crippen molar-refractivity contribution in [1.82, 2.24) is 9.55 Å². The molecule has 2 aromatic heterocycles. The van der Waals surface area contributed by atoms with E-state index in [1.165, 1.54) is 6.92 Å². The predicted molar refractivity (Wildman–Crippen MR) is 73.2 cm³/mol. The van der Waals surface area contributed by atoms with Crippen molar-refractivity contribution < 1.29 is 19.8 Å². The van der Waals surface area contributed by atoms with Gasteiger partial charge in [-0.2, -0.15) is 0 Å². The molecule has 0 amide bonds. The fraction of sp³-hybridized carbons (Fsp3) is 0.333. The highest BCUT2D eigenvalue weighted by molar-refractivity contribution is 7.20. The molecule has 0 atom stereocenters. The Bertz CT molecular complexity index is 914. The summed E-state index contributed by atoms with van der Waals surface area (Å²) in [6.07, 6.45) is 0.400. The molecule has 1 fully saturated rings. The molecule has 21 heavy (non-hydrogen) atoms. The van der Waals surface area contributed by atoms with E-state index in [0.717, 1.165) is 11.3 Å². The molecule has 110 valence electrons. The fourth-order valence-corrected chi connectivity index (χ4v) is 3.49. The Hall–Kier alpha value is -2.42. The summed E-state index contributed by atoms with van der Waals surface area (Å²) in [5.74, 6) is -2.43. The first kappa shape index (κ1) is 13.6. The SMILES string of the molecule is Cc1c(C(=O)O)sc2[nH]c(=O)n(C3(C(=O)O)CC3)c(=O)c12. The number of H-pyrrole nitrogens is 1. The molecule has 0 spiro atoms. The van der Waals surface area contributed by atoms with Crippen LogP contribution in [0.5, 0.6) is 0 Å². The molecule has 2 heterocycles. The van der Waals surface area contributed by atoms with Crippen LogP contribution in [0.15, 0.2) is 9.59 Å². The number of aromatic carboxylic acids is 1. The number of rotatable bonds is 3. The summed E-state index contributed by atoms with van der Waals surface area (Å²) in [5.41, 5.74) is -2.85. The van der Waals surface area contributed by atoms with Crippen molar-refractivity contribution in [2.45, 2.75) is 25.3 Å². The first-order valence-electron chi connectivity index (χ1n) is 6.05. The molecule has 1 saturated carbocycles. The Morgan fingerprint density at radius 3 is 2.38 bits per heavy atom.